The minimum atomic E-state index is -5.26. The number of ether oxygens (including phenoxy) is 2. The number of hydrogen-bond donors (Lipinski definition) is 4. The number of carbonyl (C=O) groups excluding carboxylic acids is 1. The lowest BCUT2D eigenvalue weighted by Gasteiger charge is -2.32. The third-order valence-electron chi connectivity index (χ3n) is 7.15. The summed E-state index contributed by atoms with van der Waals surface area (Å²) in [5, 5.41) is 13.7. The second kappa shape index (κ2) is 10.6. The maximum atomic E-state index is 14.6. The van der Waals surface area contributed by atoms with E-state index in [4.69, 9.17) is 15.2 Å². The highest BCUT2D eigenvalue weighted by Gasteiger charge is 2.56. The molecule has 5 N–H and O–H groups in total. The molecular weight excluding hydrogens is 556 g/mol. The molecule has 0 spiro atoms. The van der Waals surface area contributed by atoms with E-state index < -0.39 is 41.3 Å². The second-order valence-electron chi connectivity index (χ2n) is 10.9. The number of aliphatic hydroxyl groups is 1. The molecule has 5 rings (SSSR count). The molecule has 1 atom stereocenters. The van der Waals surface area contributed by atoms with E-state index in [1.165, 1.54) is 49.7 Å². The molecule has 222 valence electrons. The quantitative estimate of drug-likeness (QED) is 0.198. The van der Waals surface area contributed by atoms with Gasteiger partial charge in [0.05, 0.1) is 36.7 Å². The number of fused-ring (bicyclic) bond motifs is 1. The van der Waals surface area contributed by atoms with Crippen LogP contribution in [0.4, 0.5) is 17.6 Å². The van der Waals surface area contributed by atoms with E-state index in [-0.39, 0.29) is 34.2 Å². The Morgan fingerprint density at radius 2 is 1.88 bits per heavy atom. The lowest BCUT2D eigenvalue weighted by atomic mass is 9.89. The summed E-state index contributed by atoms with van der Waals surface area (Å²) in [6.07, 6.45) is -1.97. The number of amides is 1. The van der Waals surface area contributed by atoms with Crippen molar-refractivity contribution in [2.75, 3.05) is 13.7 Å². The number of para-hydroxylation sites is 1. The van der Waals surface area contributed by atoms with Gasteiger partial charge in [-0.1, -0.05) is 12.1 Å². The average molecular weight is 587 g/mol. The number of methoxy groups -OCH3 is 1. The van der Waals surface area contributed by atoms with E-state index in [0.717, 1.165) is 18.9 Å². The van der Waals surface area contributed by atoms with E-state index in [0.29, 0.717) is 16.7 Å². The molecule has 1 amide bonds. The van der Waals surface area contributed by atoms with E-state index in [1.807, 2.05) is 0 Å². The molecule has 1 fully saturated rings. The number of aromatic amines is 1. The summed E-state index contributed by atoms with van der Waals surface area (Å²) < 4.78 is 69.1. The molecule has 1 unspecified atom stereocenters. The lowest BCUT2D eigenvalue weighted by molar-refractivity contribution is -0.265. The molecule has 0 saturated heterocycles. The van der Waals surface area contributed by atoms with Gasteiger partial charge in [0.25, 0.3) is 5.91 Å². The average Bonchev–Trinajstić information content (AvgIpc) is 3.64. The van der Waals surface area contributed by atoms with Crippen LogP contribution in [0, 0.1) is 5.82 Å². The normalized spacial score (nSPS) is 15.4. The van der Waals surface area contributed by atoms with Crippen LogP contribution >= 0.6 is 0 Å². The molecule has 42 heavy (non-hydrogen) atoms. The topological polar surface area (TPSA) is 122 Å². The fourth-order valence-corrected chi connectivity index (χ4v) is 4.50. The lowest BCUT2D eigenvalue weighted by Crippen LogP contribution is -2.51. The minimum absolute atomic E-state index is 0.00540. The van der Waals surface area contributed by atoms with E-state index in [9.17, 15) is 27.5 Å². The summed E-state index contributed by atoms with van der Waals surface area (Å²) in [5.41, 5.74) is 1.47. The number of alkyl halides is 3. The third-order valence-corrected chi connectivity index (χ3v) is 7.15. The third kappa shape index (κ3) is 5.64. The predicted molar refractivity (Wildman–Crippen MR) is 148 cm³/mol. The number of nitrogens with zero attached hydrogens (tertiary/aromatic N) is 1. The maximum Gasteiger partial charge on any atom is 0.424 e. The molecule has 0 aliphatic heterocycles. The van der Waals surface area contributed by atoms with Crippen LogP contribution < -0.4 is 20.5 Å². The second-order valence-corrected chi connectivity index (χ2v) is 10.9. The number of carbonyl (C=O) groups is 1. The van der Waals surface area contributed by atoms with E-state index in [2.05, 4.69) is 15.3 Å². The van der Waals surface area contributed by atoms with Gasteiger partial charge in [0, 0.05) is 28.2 Å². The smallest absolute Gasteiger partial charge is 0.424 e. The first-order valence-electron chi connectivity index (χ1n) is 13.2. The van der Waals surface area contributed by atoms with Crippen molar-refractivity contribution in [1.82, 2.24) is 15.3 Å². The van der Waals surface area contributed by atoms with Gasteiger partial charge < -0.3 is 30.6 Å². The number of nitrogens with one attached hydrogen (secondary N) is 2. The van der Waals surface area contributed by atoms with Crippen molar-refractivity contribution in [1.29, 1.82) is 0 Å². The number of halogens is 4. The van der Waals surface area contributed by atoms with Crippen molar-refractivity contribution in [3.8, 4) is 22.8 Å². The van der Waals surface area contributed by atoms with Crippen molar-refractivity contribution < 1.29 is 36.9 Å². The molecule has 12 heteroatoms. The van der Waals surface area contributed by atoms with Crippen LogP contribution in [0.1, 0.15) is 48.3 Å². The molecule has 2 aromatic heterocycles. The number of H-pyrrole nitrogens is 1. The van der Waals surface area contributed by atoms with E-state index >= 15 is 0 Å². The fraction of sp³-hybridized carbons (Fsp3) is 0.333. The van der Waals surface area contributed by atoms with Crippen LogP contribution in [0.5, 0.6) is 11.5 Å². The summed E-state index contributed by atoms with van der Waals surface area (Å²) in [7, 11) is 1.39. The highest BCUT2D eigenvalue weighted by atomic mass is 19.4. The molecule has 8 nitrogen and oxygen atoms in total. The van der Waals surface area contributed by atoms with Crippen molar-refractivity contribution >= 4 is 16.8 Å². The van der Waals surface area contributed by atoms with Crippen LogP contribution in [0.15, 0.2) is 54.7 Å². The summed E-state index contributed by atoms with van der Waals surface area (Å²) in [6.45, 7) is 1.92. The number of pyridine rings is 1. The zero-order valence-corrected chi connectivity index (χ0v) is 23.1. The Hall–Kier alpha value is -4.16. The fourth-order valence-electron chi connectivity index (χ4n) is 4.50. The highest BCUT2D eigenvalue weighted by Crippen LogP contribution is 2.41. The van der Waals surface area contributed by atoms with Gasteiger partial charge in [0.2, 0.25) is 5.60 Å². The number of nitrogens with two attached hydrogens (primary N) is 1. The SMILES string of the molecule is COc1cc(C(=O)NCC(O)(c2cc(C(C)(C)N)cc(-c3c[nH]c4c(F)cccc34)n2)C(F)(F)F)ccc1OC1CC1. The maximum absolute atomic E-state index is 14.6. The van der Waals surface area contributed by atoms with Crippen LogP contribution in [0.25, 0.3) is 22.2 Å². The van der Waals surface area contributed by atoms with Gasteiger partial charge in [-0.2, -0.15) is 13.2 Å². The van der Waals surface area contributed by atoms with Crippen LogP contribution in [-0.4, -0.2) is 46.9 Å². The van der Waals surface area contributed by atoms with Gasteiger partial charge in [-0.15, -0.1) is 0 Å². The van der Waals surface area contributed by atoms with Crippen LogP contribution in [-0.2, 0) is 11.1 Å². The van der Waals surface area contributed by atoms with Crippen LogP contribution in [0.3, 0.4) is 0 Å². The first-order valence-corrected chi connectivity index (χ1v) is 13.2. The number of rotatable bonds is 9. The Labute approximate surface area is 238 Å². The number of benzene rings is 2. The molecule has 1 saturated carbocycles. The summed E-state index contributed by atoms with van der Waals surface area (Å²) in [5.74, 6) is -0.762. The largest absolute Gasteiger partial charge is 0.493 e. The summed E-state index contributed by atoms with van der Waals surface area (Å²) >= 11 is 0. The molecule has 0 bridgehead atoms. The monoisotopic (exact) mass is 586 g/mol. The van der Waals surface area contributed by atoms with Crippen molar-refractivity contribution in [3.05, 3.63) is 77.4 Å². The van der Waals surface area contributed by atoms with Gasteiger partial charge in [-0.3, -0.25) is 4.79 Å². The molecule has 2 heterocycles. The zero-order chi connectivity index (χ0) is 30.4. The Balaban J connectivity index is 1.51. The van der Waals surface area contributed by atoms with E-state index in [1.54, 1.807) is 19.9 Å². The first kappa shape index (κ1) is 29.3. The first-order chi connectivity index (χ1) is 19.7. The molecule has 2 aromatic carbocycles. The van der Waals surface area contributed by atoms with Gasteiger partial charge in [0.1, 0.15) is 5.82 Å². The molecule has 4 aromatic rings. The number of hydrogen-bond acceptors (Lipinski definition) is 6. The predicted octanol–water partition coefficient (Wildman–Crippen LogP) is 5.29. The Kier molecular flexibility index (Phi) is 7.40. The van der Waals surface area contributed by atoms with Crippen molar-refractivity contribution in [2.24, 2.45) is 5.73 Å². The molecule has 1 aliphatic rings. The summed E-state index contributed by atoms with van der Waals surface area (Å²) in [4.78, 5) is 19.9. The molecule has 1 aliphatic carbocycles. The van der Waals surface area contributed by atoms with Gasteiger partial charge >= 0.3 is 6.18 Å². The standard InChI is InChI=1S/C30H30F4N4O4/c1-28(2,35)17-12-22(20-14-36-26-19(20)5-4-6-21(26)31)38-25(13-17)29(40,30(32,33)34)15-37-27(39)16-7-10-23(24(11-16)41-3)42-18-8-9-18/h4-7,10-14,18,36,40H,8-9,15,35H2,1-3H3,(H,37,39). The minimum Gasteiger partial charge on any atom is -0.493 e. The molecule has 0 radical (unpaired) electrons. The Morgan fingerprint density at radius 3 is 2.52 bits per heavy atom. The summed E-state index contributed by atoms with van der Waals surface area (Å²) in [6, 6.07) is 11.1. The number of aromatic nitrogens is 2. The van der Waals surface area contributed by atoms with Gasteiger partial charge in [-0.25, -0.2) is 9.37 Å². The van der Waals surface area contributed by atoms with Crippen molar-refractivity contribution in [3.63, 3.8) is 0 Å². The van der Waals surface area contributed by atoms with Crippen molar-refractivity contribution in [2.45, 2.75) is 50.1 Å². The highest BCUT2D eigenvalue weighted by molar-refractivity contribution is 5.95. The Morgan fingerprint density at radius 1 is 1.14 bits per heavy atom. The van der Waals surface area contributed by atoms with Crippen LogP contribution in [0.2, 0.25) is 0 Å². The Bertz CT molecular complexity index is 1640. The zero-order valence-electron chi connectivity index (χ0n) is 23.1. The molecular formula is C30H30F4N4O4. The van der Waals surface area contributed by atoms with Gasteiger partial charge in [0.15, 0.2) is 11.5 Å². The van der Waals surface area contributed by atoms with Gasteiger partial charge in [-0.05, 0) is 68.7 Å².